The number of amides is 2. The summed E-state index contributed by atoms with van der Waals surface area (Å²) in [6.45, 7) is 15.0. The largest absolute Gasteiger partial charge is 0.474 e. The van der Waals surface area contributed by atoms with Gasteiger partial charge in [-0.25, -0.2) is 29.5 Å². The highest BCUT2D eigenvalue weighted by Crippen LogP contribution is 2.38. The summed E-state index contributed by atoms with van der Waals surface area (Å²) >= 11 is 17.2. The van der Waals surface area contributed by atoms with Crippen LogP contribution >= 0.6 is 34.8 Å². The second-order valence-electron chi connectivity index (χ2n) is 15.8. The first-order chi connectivity index (χ1) is 23.8. The predicted molar refractivity (Wildman–Crippen MR) is 196 cm³/mol. The van der Waals surface area contributed by atoms with Crippen LogP contribution in [0.5, 0.6) is 5.88 Å². The highest BCUT2D eigenvalue weighted by Gasteiger charge is 2.44. The number of nitrogens with zero attached hydrogens (tertiary/aromatic N) is 6. The molecule has 0 radical (unpaired) electrons. The molecule has 4 saturated heterocycles. The second kappa shape index (κ2) is 17.4. The molecule has 4 atom stereocenters. The Morgan fingerprint density at radius 1 is 0.667 bits per heavy atom. The summed E-state index contributed by atoms with van der Waals surface area (Å²) in [5.41, 5.74) is 0.555. The van der Waals surface area contributed by atoms with E-state index in [9.17, 15) is 14.7 Å². The molecule has 15 heteroatoms. The van der Waals surface area contributed by atoms with Crippen molar-refractivity contribution in [3.63, 3.8) is 0 Å². The summed E-state index contributed by atoms with van der Waals surface area (Å²) in [4.78, 5) is 44.2. The van der Waals surface area contributed by atoms with Crippen molar-refractivity contribution in [3.8, 4) is 5.88 Å². The first kappa shape index (κ1) is 41.1. The van der Waals surface area contributed by atoms with E-state index in [0.717, 1.165) is 62.5 Å². The molecular formula is C36H53Cl3N6O6. The summed E-state index contributed by atoms with van der Waals surface area (Å²) in [6, 6.07) is 0.662. The minimum Gasteiger partial charge on any atom is -0.474 e. The van der Waals surface area contributed by atoms with Crippen LogP contribution in [0.1, 0.15) is 117 Å². The van der Waals surface area contributed by atoms with Gasteiger partial charge in [0.15, 0.2) is 0 Å². The number of hydrogen-bond acceptors (Lipinski definition) is 10. The van der Waals surface area contributed by atoms with Gasteiger partial charge in [-0.2, -0.15) is 0 Å². The zero-order valence-electron chi connectivity index (χ0n) is 31.0. The SMILES string of the molecule is CC(C)(C)OC(=O)N1C2CCCC1CC(O)C2.Cc1c(Cl)ncnc1Cl.Cc1c(Cl)ncnc1OC1CC2CCCC(C1)N2C(=O)OC(C)(C)C. The molecule has 2 aromatic heterocycles. The lowest BCUT2D eigenvalue weighted by atomic mass is 9.83. The van der Waals surface area contributed by atoms with E-state index >= 15 is 0 Å². The third-order valence-electron chi connectivity index (χ3n) is 9.31. The molecule has 284 valence electrons. The van der Waals surface area contributed by atoms with Gasteiger partial charge in [0.05, 0.1) is 6.10 Å². The topological polar surface area (TPSA) is 140 Å². The van der Waals surface area contributed by atoms with E-state index in [1.807, 2.05) is 58.3 Å². The normalized spacial score (nSPS) is 25.7. The van der Waals surface area contributed by atoms with E-state index in [2.05, 4.69) is 19.9 Å². The van der Waals surface area contributed by atoms with Crippen molar-refractivity contribution < 1.29 is 28.9 Å². The molecule has 1 N–H and O–H groups in total. The highest BCUT2D eigenvalue weighted by molar-refractivity contribution is 6.34. The lowest BCUT2D eigenvalue weighted by molar-refractivity contribution is -0.0457. The van der Waals surface area contributed by atoms with Crippen molar-refractivity contribution in [3.05, 3.63) is 39.2 Å². The third-order valence-corrected chi connectivity index (χ3v) is 10.4. The predicted octanol–water partition coefficient (Wildman–Crippen LogP) is 8.53. The lowest BCUT2D eigenvalue weighted by Gasteiger charge is -2.48. The Labute approximate surface area is 316 Å². The molecule has 6 rings (SSSR count). The molecular weight excluding hydrogens is 719 g/mol. The van der Waals surface area contributed by atoms with Gasteiger partial charge in [0.25, 0.3) is 0 Å². The number of aliphatic hydroxyl groups is 1. The van der Waals surface area contributed by atoms with Gasteiger partial charge in [-0.15, -0.1) is 0 Å². The Kier molecular flexibility index (Phi) is 14.0. The molecule has 6 heterocycles. The van der Waals surface area contributed by atoms with Gasteiger partial charge in [0.2, 0.25) is 5.88 Å². The minimum atomic E-state index is -0.479. The van der Waals surface area contributed by atoms with Crippen molar-refractivity contribution in [2.45, 2.75) is 167 Å². The molecule has 4 unspecified atom stereocenters. The fourth-order valence-electron chi connectivity index (χ4n) is 7.11. The van der Waals surface area contributed by atoms with E-state index in [1.165, 1.54) is 12.7 Å². The van der Waals surface area contributed by atoms with Gasteiger partial charge in [-0.3, -0.25) is 0 Å². The molecule has 4 bridgehead atoms. The number of hydrogen-bond donors (Lipinski definition) is 1. The Morgan fingerprint density at radius 3 is 1.43 bits per heavy atom. The molecule has 2 amide bonds. The average Bonchev–Trinajstić information content (AvgIpc) is 3.00. The molecule has 51 heavy (non-hydrogen) atoms. The van der Waals surface area contributed by atoms with Crippen molar-refractivity contribution in [1.29, 1.82) is 0 Å². The van der Waals surface area contributed by atoms with Crippen LogP contribution in [0, 0.1) is 13.8 Å². The lowest BCUT2D eigenvalue weighted by Crippen LogP contribution is -2.57. The summed E-state index contributed by atoms with van der Waals surface area (Å²) in [5.74, 6) is 0.536. The van der Waals surface area contributed by atoms with Gasteiger partial charge in [-0.1, -0.05) is 34.8 Å². The molecule has 4 aliphatic rings. The zero-order valence-corrected chi connectivity index (χ0v) is 33.3. The number of piperidine rings is 4. The molecule has 0 saturated carbocycles. The highest BCUT2D eigenvalue weighted by atomic mass is 35.5. The molecule has 0 spiro atoms. The van der Waals surface area contributed by atoms with E-state index in [1.54, 1.807) is 6.92 Å². The Hall–Kier alpha value is -2.67. The second-order valence-corrected chi connectivity index (χ2v) is 16.8. The van der Waals surface area contributed by atoms with Crippen LogP contribution in [-0.2, 0) is 9.47 Å². The quantitative estimate of drug-likeness (QED) is 0.296. The molecule has 0 aromatic carbocycles. The first-order valence-corrected chi connectivity index (χ1v) is 18.9. The Morgan fingerprint density at radius 2 is 1.04 bits per heavy atom. The van der Waals surface area contributed by atoms with Gasteiger partial charge in [-0.05, 0) is 107 Å². The van der Waals surface area contributed by atoms with E-state index in [0.29, 0.717) is 34.2 Å². The average molecular weight is 772 g/mol. The number of aliphatic hydroxyl groups excluding tert-OH is 1. The minimum absolute atomic E-state index is 0.0265. The number of carbonyl (C=O) groups excluding carboxylic acids is 2. The van der Waals surface area contributed by atoms with Crippen LogP contribution in [-0.4, -0.2) is 94.6 Å². The third kappa shape index (κ3) is 11.7. The Balaban J connectivity index is 0.000000192. The summed E-state index contributed by atoms with van der Waals surface area (Å²) in [5, 5.41) is 11.0. The number of carbonyl (C=O) groups is 2. The summed E-state index contributed by atoms with van der Waals surface area (Å²) in [6.07, 6.45) is 11.3. The number of rotatable bonds is 2. The van der Waals surface area contributed by atoms with E-state index in [-0.39, 0.29) is 48.6 Å². The maximum atomic E-state index is 12.6. The van der Waals surface area contributed by atoms with Crippen molar-refractivity contribution in [1.82, 2.24) is 29.7 Å². The molecule has 0 aliphatic carbocycles. The molecule has 4 aliphatic heterocycles. The fraction of sp³-hybridized carbons (Fsp3) is 0.722. The van der Waals surface area contributed by atoms with Crippen LogP contribution in [0.4, 0.5) is 9.59 Å². The van der Waals surface area contributed by atoms with Crippen LogP contribution in [0.25, 0.3) is 0 Å². The standard InChI is InChI=1S/C18H26ClN3O3.C13H23NO3.C5H4Cl2N2/c1-11-15(19)20-10-21-16(11)24-14-8-12-6-5-7-13(9-14)22(12)17(23)25-18(2,3)4;1-13(2,3)17-12(16)14-9-5-4-6-10(14)8-11(15)7-9;1-3-4(6)8-2-9-5(3)7/h10,12-14H,5-9H2,1-4H3;9-11,15H,4-8H2,1-3H3;2H,1H3. The van der Waals surface area contributed by atoms with E-state index < -0.39 is 11.2 Å². The number of halogens is 3. The van der Waals surface area contributed by atoms with Gasteiger partial charge >= 0.3 is 12.2 Å². The molecule has 4 fully saturated rings. The van der Waals surface area contributed by atoms with Crippen molar-refractivity contribution in [2.24, 2.45) is 0 Å². The number of fused-ring (bicyclic) bond motifs is 4. The van der Waals surface area contributed by atoms with Gasteiger partial charge in [0, 0.05) is 48.1 Å². The maximum absolute atomic E-state index is 12.6. The number of aromatic nitrogens is 4. The molecule has 12 nitrogen and oxygen atoms in total. The smallest absolute Gasteiger partial charge is 0.410 e. The molecule has 2 aromatic rings. The van der Waals surface area contributed by atoms with Crippen LogP contribution in [0.15, 0.2) is 12.7 Å². The van der Waals surface area contributed by atoms with Crippen LogP contribution in [0.2, 0.25) is 15.5 Å². The van der Waals surface area contributed by atoms with Crippen LogP contribution < -0.4 is 4.74 Å². The summed E-state index contributed by atoms with van der Waals surface area (Å²) < 4.78 is 17.2. The van der Waals surface area contributed by atoms with Gasteiger partial charge < -0.3 is 29.1 Å². The van der Waals surface area contributed by atoms with Crippen molar-refractivity contribution >= 4 is 47.0 Å². The van der Waals surface area contributed by atoms with Gasteiger partial charge in [0.1, 0.15) is 45.4 Å². The monoisotopic (exact) mass is 770 g/mol. The van der Waals surface area contributed by atoms with Crippen molar-refractivity contribution in [2.75, 3.05) is 0 Å². The van der Waals surface area contributed by atoms with Crippen LogP contribution in [0.3, 0.4) is 0 Å². The van der Waals surface area contributed by atoms with E-state index in [4.69, 9.17) is 49.0 Å². The summed E-state index contributed by atoms with van der Waals surface area (Å²) in [7, 11) is 0. The first-order valence-electron chi connectivity index (χ1n) is 17.8. The maximum Gasteiger partial charge on any atom is 0.410 e. The Bertz CT molecular complexity index is 1460. The fourth-order valence-corrected chi connectivity index (χ4v) is 7.54. The number of ether oxygens (including phenoxy) is 3. The zero-order chi connectivity index (χ0) is 37.7.